The van der Waals surface area contributed by atoms with Crippen LogP contribution in [0, 0.1) is 13.8 Å². The van der Waals surface area contributed by atoms with E-state index in [1.807, 2.05) is 11.3 Å². The van der Waals surface area contributed by atoms with E-state index in [1.54, 1.807) is 0 Å². The average molecular weight is 262 g/mol. The monoisotopic (exact) mass is 262 g/mol. The van der Waals surface area contributed by atoms with Gasteiger partial charge in [0.2, 0.25) is 0 Å². The molecule has 0 aliphatic rings. The van der Waals surface area contributed by atoms with Gasteiger partial charge in [0.1, 0.15) is 0 Å². The fourth-order valence-corrected chi connectivity index (χ4v) is 4.24. The van der Waals surface area contributed by atoms with E-state index in [-0.39, 0.29) is 0 Å². The van der Waals surface area contributed by atoms with Gasteiger partial charge in [-0.25, -0.2) is 0 Å². The zero-order valence-corrected chi connectivity index (χ0v) is 11.8. The lowest BCUT2D eigenvalue weighted by Gasteiger charge is -1.99. The van der Waals surface area contributed by atoms with Crippen molar-refractivity contribution in [3.05, 3.63) is 59.7 Å². The van der Waals surface area contributed by atoms with Crippen molar-refractivity contribution in [2.24, 2.45) is 0 Å². The Bertz CT molecular complexity index is 929. The van der Waals surface area contributed by atoms with Gasteiger partial charge < -0.3 is 0 Å². The molecule has 1 aromatic heterocycles. The van der Waals surface area contributed by atoms with Crippen molar-refractivity contribution in [3.8, 4) is 0 Å². The van der Waals surface area contributed by atoms with E-state index < -0.39 is 0 Å². The van der Waals surface area contributed by atoms with Crippen LogP contribution in [0.2, 0.25) is 0 Å². The summed E-state index contributed by atoms with van der Waals surface area (Å²) in [7, 11) is 0. The van der Waals surface area contributed by atoms with E-state index in [9.17, 15) is 0 Å². The van der Waals surface area contributed by atoms with Gasteiger partial charge in [-0.3, -0.25) is 0 Å². The molecule has 0 aliphatic carbocycles. The molecule has 0 bridgehead atoms. The van der Waals surface area contributed by atoms with Crippen LogP contribution < -0.4 is 0 Å². The largest absolute Gasteiger partial charge is 0.134 e. The van der Waals surface area contributed by atoms with Gasteiger partial charge in [0.15, 0.2) is 0 Å². The molecule has 0 saturated carbocycles. The number of benzene rings is 3. The SMILES string of the molecule is Cc1cc(C)c2sc3c4ccccc4ccc3c2c1. The molecule has 1 heteroatoms. The molecule has 0 nitrogen and oxygen atoms in total. The number of rotatable bonds is 0. The molecular formula is C18H14S. The van der Waals surface area contributed by atoms with E-state index in [0.29, 0.717) is 0 Å². The predicted molar refractivity (Wildman–Crippen MR) is 86.3 cm³/mol. The number of hydrogen-bond acceptors (Lipinski definition) is 1. The molecule has 0 atom stereocenters. The Balaban J connectivity index is 2.31. The Morgan fingerprint density at radius 2 is 1.58 bits per heavy atom. The number of aryl methyl sites for hydroxylation is 2. The number of thiophene rings is 1. The van der Waals surface area contributed by atoms with Crippen LogP contribution >= 0.6 is 11.3 Å². The molecule has 3 aromatic carbocycles. The average Bonchev–Trinajstić information content (AvgIpc) is 2.78. The molecule has 19 heavy (non-hydrogen) atoms. The maximum absolute atomic E-state index is 2.32. The Morgan fingerprint density at radius 3 is 2.47 bits per heavy atom. The first kappa shape index (κ1) is 11.0. The molecule has 0 fully saturated rings. The molecule has 0 saturated heterocycles. The molecule has 0 aliphatic heterocycles. The molecular weight excluding hydrogens is 248 g/mol. The van der Waals surface area contributed by atoms with Crippen LogP contribution in [-0.4, -0.2) is 0 Å². The van der Waals surface area contributed by atoms with E-state index in [4.69, 9.17) is 0 Å². The van der Waals surface area contributed by atoms with Crippen molar-refractivity contribution in [2.75, 3.05) is 0 Å². The van der Waals surface area contributed by atoms with Gasteiger partial charge in [0.25, 0.3) is 0 Å². The summed E-state index contributed by atoms with van der Waals surface area (Å²) in [5, 5.41) is 5.50. The van der Waals surface area contributed by atoms with Gasteiger partial charge in [0, 0.05) is 20.2 Å². The van der Waals surface area contributed by atoms with Gasteiger partial charge in [-0.2, -0.15) is 0 Å². The van der Waals surface area contributed by atoms with E-state index in [2.05, 4.69) is 62.4 Å². The summed E-state index contributed by atoms with van der Waals surface area (Å²) in [5.74, 6) is 0. The fraction of sp³-hybridized carbons (Fsp3) is 0.111. The normalized spacial score (nSPS) is 11.7. The standard InChI is InChI=1S/C18H14S/c1-11-9-12(2)17-16(10-11)15-8-7-13-5-3-4-6-14(13)18(15)19-17/h3-10H,1-2H3. The summed E-state index contributed by atoms with van der Waals surface area (Å²) in [5.41, 5.74) is 2.73. The first-order chi connectivity index (χ1) is 9.24. The second-order valence-corrected chi connectivity index (χ2v) is 6.24. The second kappa shape index (κ2) is 3.82. The van der Waals surface area contributed by atoms with Crippen molar-refractivity contribution < 1.29 is 0 Å². The molecule has 92 valence electrons. The maximum Gasteiger partial charge on any atom is 0.0433 e. The molecule has 0 unspecified atom stereocenters. The van der Waals surface area contributed by atoms with Crippen LogP contribution in [0.4, 0.5) is 0 Å². The lowest BCUT2D eigenvalue weighted by molar-refractivity contribution is 1.44. The smallest absolute Gasteiger partial charge is 0.0433 e. The van der Waals surface area contributed by atoms with Crippen molar-refractivity contribution in [1.29, 1.82) is 0 Å². The summed E-state index contributed by atoms with van der Waals surface area (Å²) in [4.78, 5) is 0. The van der Waals surface area contributed by atoms with Crippen LogP contribution in [0.1, 0.15) is 11.1 Å². The van der Waals surface area contributed by atoms with Crippen LogP contribution in [0.25, 0.3) is 30.9 Å². The molecule has 0 radical (unpaired) electrons. The van der Waals surface area contributed by atoms with Crippen LogP contribution in [0.3, 0.4) is 0 Å². The second-order valence-electron chi connectivity index (χ2n) is 5.22. The van der Waals surface area contributed by atoms with E-state index >= 15 is 0 Å². The van der Waals surface area contributed by atoms with Gasteiger partial charge in [0.05, 0.1) is 0 Å². The molecule has 0 N–H and O–H groups in total. The van der Waals surface area contributed by atoms with Gasteiger partial charge in [-0.15, -0.1) is 11.3 Å². The Hall–Kier alpha value is -1.86. The topological polar surface area (TPSA) is 0 Å². The van der Waals surface area contributed by atoms with Crippen molar-refractivity contribution in [2.45, 2.75) is 13.8 Å². The summed E-state index contributed by atoms with van der Waals surface area (Å²) >= 11 is 1.93. The lowest BCUT2D eigenvalue weighted by Crippen LogP contribution is -1.76. The summed E-state index contributed by atoms with van der Waals surface area (Å²) in [6.45, 7) is 4.39. The molecule has 1 heterocycles. The molecule has 4 aromatic rings. The highest BCUT2D eigenvalue weighted by atomic mass is 32.1. The molecule has 0 spiro atoms. The Morgan fingerprint density at radius 1 is 0.737 bits per heavy atom. The summed E-state index contributed by atoms with van der Waals surface area (Å²) in [6, 6.07) is 17.8. The first-order valence-electron chi connectivity index (χ1n) is 6.55. The highest BCUT2D eigenvalue weighted by molar-refractivity contribution is 7.26. The van der Waals surface area contributed by atoms with Crippen molar-refractivity contribution in [3.63, 3.8) is 0 Å². The zero-order chi connectivity index (χ0) is 13.0. The fourth-order valence-electron chi connectivity index (χ4n) is 2.96. The van der Waals surface area contributed by atoms with Gasteiger partial charge in [-0.05, 0) is 36.2 Å². The highest BCUT2D eigenvalue weighted by Crippen LogP contribution is 2.40. The Labute approximate surface area is 116 Å². The quantitative estimate of drug-likeness (QED) is 0.374. The van der Waals surface area contributed by atoms with Gasteiger partial charge in [-0.1, -0.05) is 48.0 Å². The van der Waals surface area contributed by atoms with Crippen molar-refractivity contribution in [1.82, 2.24) is 0 Å². The predicted octanol–water partition coefficient (Wildman–Crippen LogP) is 5.82. The molecule has 0 amide bonds. The maximum atomic E-state index is 2.32. The zero-order valence-electron chi connectivity index (χ0n) is 11.0. The van der Waals surface area contributed by atoms with Crippen LogP contribution in [-0.2, 0) is 0 Å². The first-order valence-corrected chi connectivity index (χ1v) is 7.37. The summed E-state index contributed by atoms with van der Waals surface area (Å²) in [6.07, 6.45) is 0. The number of fused-ring (bicyclic) bond motifs is 5. The lowest BCUT2D eigenvalue weighted by atomic mass is 10.0. The Kier molecular flexibility index (Phi) is 2.21. The third-order valence-electron chi connectivity index (χ3n) is 3.79. The highest BCUT2D eigenvalue weighted by Gasteiger charge is 2.10. The third kappa shape index (κ3) is 1.52. The third-order valence-corrected chi connectivity index (χ3v) is 5.18. The summed E-state index contributed by atoms with van der Waals surface area (Å²) < 4.78 is 2.85. The van der Waals surface area contributed by atoms with E-state index in [0.717, 1.165) is 0 Å². The van der Waals surface area contributed by atoms with Crippen LogP contribution in [0.15, 0.2) is 48.5 Å². The number of hydrogen-bond donors (Lipinski definition) is 0. The minimum Gasteiger partial charge on any atom is -0.134 e. The minimum absolute atomic E-state index is 1.33. The van der Waals surface area contributed by atoms with Crippen molar-refractivity contribution >= 4 is 42.3 Å². The van der Waals surface area contributed by atoms with Crippen LogP contribution in [0.5, 0.6) is 0 Å². The minimum atomic E-state index is 1.33. The van der Waals surface area contributed by atoms with E-state index in [1.165, 1.54) is 42.1 Å². The van der Waals surface area contributed by atoms with Gasteiger partial charge >= 0.3 is 0 Å². The molecule has 4 rings (SSSR count).